The Balaban J connectivity index is 1.47. The van der Waals surface area contributed by atoms with Crippen molar-refractivity contribution in [2.24, 2.45) is 0 Å². The van der Waals surface area contributed by atoms with Crippen LogP contribution in [0, 0.1) is 6.92 Å². The van der Waals surface area contributed by atoms with E-state index in [0.717, 1.165) is 17.4 Å². The first kappa shape index (κ1) is 19.3. The van der Waals surface area contributed by atoms with Gasteiger partial charge in [-0.2, -0.15) is 5.10 Å². The van der Waals surface area contributed by atoms with Gasteiger partial charge in [-0.3, -0.25) is 14.2 Å². The third kappa shape index (κ3) is 3.90. The second-order valence-corrected chi connectivity index (χ2v) is 6.81. The highest BCUT2D eigenvalue weighted by Gasteiger charge is 2.12. The highest BCUT2D eigenvalue weighted by Crippen LogP contribution is 2.10. The molecule has 0 saturated heterocycles. The van der Waals surface area contributed by atoms with Crippen LogP contribution in [0.15, 0.2) is 69.2 Å². The molecule has 0 aliphatic heterocycles. The summed E-state index contributed by atoms with van der Waals surface area (Å²) in [5.41, 5.74) is 2.17. The number of nitrogens with one attached hydrogen (secondary N) is 1. The van der Waals surface area contributed by atoms with E-state index in [0.29, 0.717) is 24.1 Å². The number of carbonyl (C=O) groups excluding carboxylic acids is 1. The third-order valence-corrected chi connectivity index (χ3v) is 4.80. The van der Waals surface area contributed by atoms with Crippen LogP contribution >= 0.6 is 0 Å². The summed E-state index contributed by atoms with van der Waals surface area (Å²) in [6.45, 7) is 3.04. The second-order valence-electron chi connectivity index (χ2n) is 6.81. The molecule has 152 valence electrons. The number of aromatic nitrogens is 4. The van der Waals surface area contributed by atoms with Crippen molar-refractivity contribution in [1.29, 1.82) is 0 Å². The van der Waals surface area contributed by atoms with Crippen LogP contribution in [0.4, 0.5) is 0 Å². The smallest absolute Gasteiger partial charge is 0.335 e. The van der Waals surface area contributed by atoms with Gasteiger partial charge in [0.1, 0.15) is 18.0 Å². The number of carbonyl (C=O) groups is 1. The lowest BCUT2D eigenvalue weighted by Gasteiger charge is -2.09. The fraction of sp³-hybridized carbons (Fsp3) is 0.190. The maximum Gasteiger partial charge on any atom is 0.335 e. The Labute approximate surface area is 170 Å². The number of hydrogen-bond acceptors (Lipinski definition) is 6. The van der Waals surface area contributed by atoms with E-state index in [4.69, 9.17) is 0 Å². The van der Waals surface area contributed by atoms with Crippen LogP contribution in [-0.4, -0.2) is 31.8 Å². The molecular formula is C21H19N5O4. The predicted octanol–water partition coefficient (Wildman–Crippen LogP) is 1.33. The summed E-state index contributed by atoms with van der Waals surface area (Å²) in [5.74, 6) is -0.372. The zero-order valence-electron chi connectivity index (χ0n) is 16.2. The van der Waals surface area contributed by atoms with Crippen molar-refractivity contribution in [1.82, 2.24) is 24.6 Å². The monoisotopic (exact) mass is 405 g/mol. The molecule has 0 spiro atoms. The number of aryl methyl sites for hydroxylation is 1. The summed E-state index contributed by atoms with van der Waals surface area (Å²) in [5, 5.41) is 7.36. The van der Waals surface area contributed by atoms with Crippen molar-refractivity contribution in [3.63, 3.8) is 0 Å². The number of nitrogens with zero attached hydrogens (tertiary/aromatic N) is 4. The first-order valence-electron chi connectivity index (χ1n) is 9.35. The van der Waals surface area contributed by atoms with Crippen LogP contribution in [0.25, 0.3) is 11.0 Å². The molecule has 0 saturated carbocycles. The van der Waals surface area contributed by atoms with E-state index in [-0.39, 0.29) is 23.6 Å². The lowest BCUT2D eigenvalue weighted by atomic mass is 10.1. The van der Waals surface area contributed by atoms with Crippen molar-refractivity contribution in [3.8, 4) is 0 Å². The first-order valence-corrected chi connectivity index (χ1v) is 9.35. The van der Waals surface area contributed by atoms with Gasteiger partial charge in [-0.1, -0.05) is 24.3 Å². The van der Waals surface area contributed by atoms with Crippen LogP contribution in [0.5, 0.6) is 0 Å². The minimum absolute atomic E-state index is 0.169. The van der Waals surface area contributed by atoms with Gasteiger partial charge in [0, 0.05) is 12.6 Å². The molecule has 4 aromatic rings. The van der Waals surface area contributed by atoms with Crippen LogP contribution in [0.2, 0.25) is 0 Å². The van der Waals surface area contributed by atoms with Crippen molar-refractivity contribution in [2.75, 3.05) is 6.54 Å². The van der Waals surface area contributed by atoms with Gasteiger partial charge in [0.25, 0.3) is 11.5 Å². The lowest BCUT2D eigenvalue weighted by Crippen LogP contribution is -2.28. The number of fused-ring (bicyclic) bond motifs is 1. The summed E-state index contributed by atoms with van der Waals surface area (Å²) in [7, 11) is 0. The molecule has 1 N–H and O–H groups in total. The molecule has 3 heterocycles. The van der Waals surface area contributed by atoms with E-state index < -0.39 is 5.63 Å². The van der Waals surface area contributed by atoms with Crippen LogP contribution in [-0.2, 0) is 13.1 Å². The SMILES string of the molecule is Cc1ccccc1Cn1cnc2c(cnn2CCNC(=O)c2ccc(=O)oc2)c1=O. The van der Waals surface area contributed by atoms with E-state index in [1.807, 2.05) is 31.2 Å². The molecule has 0 aliphatic rings. The molecule has 0 aliphatic carbocycles. The number of benzene rings is 1. The molecule has 3 aromatic heterocycles. The molecule has 0 radical (unpaired) electrons. The Morgan fingerprint density at radius 2 is 2.00 bits per heavy atom. The molecular weight excluding hydrogens is 386 g/mol. The van der Waals surface area contributed by atoms with Crippen molar-refractivity contribution >= 4 is 16.9 Å². The number of amides is 1. The summed E-state index contributed by atoms with van der Waals surface area (Å²) in [6, 6.07) is 10.5. The fourth-order valence-electron chi connectivity index (χ4n) is 3.11. The zero-order valence-corrected chi connectivity index (χ0v) is 16.2. The minimum Gasteiger partial charge on any atom is -0.430 e. The fourth-order valence-corrected chi connectivity index (χ4v) is 3.11. The summed E-state index contributed by atoms with van der Waals surface area (Å²) in [6.07, 6.45) is 4.12. The second kappa shape index (κ2) is 8.16. The Bertz CT molecular complexity index is 1310. The predicted molar refractivity (Wildman–Crippen MR) is 109 cm³/mol. The largest absolute Gasteiger partial charge is 0.430 e. The van der Waals surface area contributed by atoms with E-state index in [2.05, 4.69) is 19.8 Å². The standard InChI is InChI=1S/C21H19N5O4/c1-14-4-2-3-5-15(14)11-25-13-23-19-17(21(25)29)10-24-26(19)9-8-22-20(28)16-6-7-18(27)30-12-16/h2-7,10,12-13H,8-9,11H2,1H3,(H,22,28). The molecule has 0 bridgehead atoms. The molecule has 30 heavy (non-hydrogen) atoms. The first-order chi connectivity index (χ1) is 14.5. The maximum atomic E-state index is 12.8. The summed E-state index contributed by atoms with van der Waals surface area (Å²) in [4.78, 5) is 40.3. The topological polar surface area (TPSA) is 112 Å². The van der Waals surface area contributed by atoms with Crippen LogP contribution < -0.4 is 16.5 Å². The average molecular weight is 405 g/mol. The molecule has 0 atom stereocenters. The van der Waals surface area contributed by atoms with Gasteiger partial charge in [0.2, 0.25) is 0 Å². The quantitative estimate of drug-likeness (QED) is 0.518. The summed E-state index contributed by atoms with van der Waals surface area (Å²) >= 11 is 0. The van der Waals surface area contributed by atoms with E-state index in [1.54, 1.807) is 9.25 Å². The van der Waals surface area contributed by atoms with Crippen molar-refractivity contribution in [2.45, 2.75) is 20.0 Å². The van der Waals surface area contributed by atoms with E-state index in [1.165, 1.54) is 24.7 Å². The van der Waals surface area contributed by atoms with Gasteiger partial charge >= 0.3 is 5.63 Å². The maximum absolute atomic E-state index is 12.8. The molecule has 9 heteroatoms. The molecule has 9 nitrogen and oxygen atoms in total. The van der Waals surface area contributed by atoms with Gasteiger partial charge in [-0.25, -0.2) is 14.5 Å². The van der Waals surface area contributed by atoms with Crippen LogP contribution in [0.1, 0.15) is 21.5 Å². The Kier molecular flexibility index (Phi) is 5.25. The lowest BCUT2D eigenvalue weighted by molar-refractivity contribution is 0.0949. The van der Waals surface area contributed by atoms with Gasteiger partial charge in [0.05, 0.1) is 24.8 Å². The molecule has 0 fully saturated rings. The normalized spacial score (nSPS) is 11.0. The van der Waals surface area contributed by atoms with Crippen molar-refractivity contribution < 1.29 is 9.21 Å². The number of hydrogen-bond donors (Lipinski definition) is 1. The van der Waals surface area contributed by atoms with Gasteiger partial charge in [-0.15, -0.1) is 0 Å². The summed E-state index contributed by atoms with van der Waals surface area (Å²) < 4.78 is 7.81. The minimum atomic E-state index is -0.520. The third-order valence-electron chi connectivity index (χ3n) is 4.80. The Hall–Kier alpha value is -4.01. The molecule has 0 unspecified atom stereocenters. The van der Waals surface area contributed by atoms with E-state index in [9.17, 15) is 14.4 Å². The highest BCUT2D eigenvalue weighted by atomic mass is 16.4. The average Bonchev–Trinajstić information content (AvgIpc) is 3.16. The van der Waals surface area contributed by atoms with Gasteiger partial charge in [-0.05, 0) is 24.1 Å². The molecule has 4 rings (SSSR count). The molecule has 1 aromatic carbocycles. The van der Waals surface area contributed by atoms with Gasteiger partial charge < -0.3 is 9.73 Å². The Morgan fingerprint density at radius 3 is 2.77 bits per heavy atom. The zero-order chi connectivity index (χ0) is 21.1. The number of rotatable bonds is 6. The van der Waals surface area contributed by atoms with Crippen LogP contribution in [0.3, 0.4) is 0 Å². The molecule has 1 amide bonds. The Morgan fingerprint density at radius 1 is 1.17 bits per heavy atom. The van der Waals surface area contributed by atoms with E-state index >= 15 is 0 Å². The highest BCUT2D eigenvalue weighted by molar-refractivity contribution is 5.93. The van der Waals surface area contributed by atoms with Gasteiger partial charge in [0.15, 0.2) is 5.65 Å². The van der Waals surface area contributed by atoms with Crippen molar-refractivity contribution in [3.05, 3.63) is 92.6 Å².